The number of hydrogen-bond acceptors (Lipinski definition) is 2. The standard InChI is InChI=1S/C9H14N2O/c1-3-5-11-6-4-10-9(11)7-8(2)12/h4,6H,3,5,7H2,1-2H3. The molecule has 0 saturated carbocycles. The van der Waals surface area contributed by atoms with Gasteiger partial charge in [0.15, 0.2) is 0 Å². The molecular formula is C9H14N2O. The number of ketones is 1. The summed E-state index contributed by atoms with van der Waals surface area (Å²) in [4.78, 5) is 14.9. The Kier molecular flexibility index (Phi) is 3.02. The molecule has 0 amide bonds. The second-order valence-corrected chi connectivity index (χ2v) is 2.92. The summed E-state index contributed by atoms with van der Waals surface area (Å²) in [5.41, 5.74) is 0. The summed E-state index contributed by atoms with van der Waals surface area (Å²) in [7, 11) is 0. The number of imidazole rings is 1. The van der Waals surface area contributed by atoms with Crippen molar-refractivity contribution in [3.8, 4) is 0 Å². The molecule has 0 unspecified atom stereocenters. The predicted molar refractivity (Wildman–Crippen MR) is 46.9 cm³/mol. The van der Waals surface area contributed by atoms with Crippen LogP contribution in [0, 0.1) is 0 Å². The van der Waals surface area contributed by atoms with Crippen LogP contribution in [0.5, 0.6) is 0 Å². The van der Waals surface area contributed by atoms with Crippen molar-refractivity contribution in [2.45, 2.75) is 33.2 Å². The van der Waals surface area contributed by atoms with Gasteiger partial charge in [-0.1, -0.05) is 6.92 Å². The molecule has 66 valence electrons. The van der Waals surface area contributed by atoms with Crippen molar-refractivity contribution >= 4 is 5.78 Å². The first-order valence-corrected chi connectivity index (χ1v) is 4.23. The minimum absolute atomic E-state index is 0.165. The van der Waals surface area contributed by atoms with Crippen LogP contribution in [0.3, 0.4) is 0 Å². The molecule has 1 heterocycles. The van der Waals surface area contributed by atoms with Crippen LogP contribution in [-0.4, -0.2) is 15.3 Å². The molecule has 0 saturated heterocycles. The quantitative estimate of drug-likeness (QED) is 0.678. The molecule has 12 heavy (non-hydrogen) atoms. The minimum atomic E-state index is 0.165. The zero-order chi connectivity index (χ0) is 8.97. The van der Waals surface area contributed by atoms with E-state index in [2.05, 4.69) is 11.9 Å². The lowest BCUT2D eigenvalue weighted by Crippen LogP contribution is -2.06. The van der Waals surface area contributed by atoms with Crippen molar-refractivity contribution in [1.82, 2.24) is 9.55 Å². The van der Waals surface area contributed by atoms with Crippen LogP contribution < -0.4 is 0 Å². The average Bonchev–Trinajstić information content (AvgIpc) is 2.37. The van der Waals surface area contributed by atoms with Gasteiger partial charge in [-0.2, -0.15) is 0 Å². The Morgan fingerprint density at radius 3 is 3.00 bits per heavy atom. The van der Waals surface area contributed by atoms with Gasteiger partial charge in [0.25, 0.3) is 0 Å². The number of rotatable bonds is 4. The first-order chi connectivity index (χ1) is 5.74. The Bertz CT molecular complexity index is 265. The second kappa shape index (κ2) is 4.04. The number of carbonyl (C=O) groups is 1. The number of hydrogen-bond donors (Lipinski definition) is 0. The molecule has 1 rings (SSSR count). The molecule has 0 spiro atoms. The Hall–Kier alpha value is -1.12. The molecule has 0 aliphatic carbocycles. The third-order valence-electron chi connectivity index (χ3n) is 1.67. The smallest absolute Gasteiger partial charge is 0.137 e. The first-order valence-electron chi connectivity index (χ1n) is 4.23. The Morgan fingerprint density at radius 1 is 1.67 bits per heavy atom. The first kappa shape index (κ1) is 8.97. The van der Waals surface area contributed by atoms with Crippen LogP contribution in [-0.2, 0) is 17.8 Å². The number of aryl methyl sites for hydroxylation is 1. The fourth-order valence-electron chi connectivity index (χ4n) is 1.17. The summed E-state index contributed by atoms with van der Waals surface area (Å²) in [6.45, 7) is 4.64. The van der Waals surface area contributed by atoms with Gasteiger partial charge in [0.1, 0.15) is 11.6 Å². The predicted octanol–water partition coefficient (Wildman–Crippen LogP) is 1.42. The number of carbonyl (C=O) groups excluding carboxylic acids is 1. The molecule has 0 fully saturated rings. The lowest BCUT2D eigenvalue weighted by atomic mass is 10.3. The van der Waals surface area contributed by atoms with E-state index in [0.717, 1.165) is 18.8 Å². The van der Waals surface area contributed by atoms with E-state index < -0.39 is 0 Å². The molecule has 0 aliphatic heterocycles. The molecular weight excluding hydrogens is 152 g/mol. The summed E-state index contributed by atoms with van der Waals surface area (Å²) in [6.07, 6.45) is 5.18. The van der Waals surface area contributed by atoms with Gasteiger partial charge < -0.3 is 4.57 Å². The van der Waals surface area contributed by atoms with Crippen LogP contribution in [0.4, 0.5) is 0 Å². The van der Waals surface area contributed by atoms with Gasteiger partial charge in [0.2, 0.25) is 0 Å². The number of nitrogens with zero attached hydrogens (tertiary/aromatic N) is 2. The molecule has 0 bridgehead atoms. The summed E-state index contributed by atoms with van der Waals surface area (Å²) >= 11 is 0. The van der Waals surface area contributed by atoms with Gasteiger partial charge in [-0.15, -0.1) is 0 Å². The highest BCUT2D eigenvalue weighted by Crippen LogP contribution is 2.00. The topological polar surface area (TPSA) is 34.9 Å². The van der Waals surface area contributed by atoms with Crippen LogP contribution in [0.1, 0.15) is 26.1 Å². The third kappa shape index (κ3) is 2.19. The van der Waals surface area contributed by atoms with E-state index in [-0.39, 0.29) is 5.78 Å². The molecule has 0 N–H and O–H groups in total. The van der Waals surface area contributed by atoms with Crippen LogP contribution in [0.15, 0.2) is 12.4 Å². The molecule has 1 aromatic rings. The van der Waals surface area contributed by atoms with Crippen LogP contribution >= 0.6 is 0 Å². The van der Waals surface area contributed by atoms with E-state index in [4.69, 9.17) is 0 Å². The van der Waals surface area contributed by atoms with Gasteiger partial charge in [-0.05, 0) is 13.3 Å². The van der Waals surface area contributed by atoms with E-state index in [9.17, 15) is 4.79 Å². The summed E-state index contributed by atoms with van der Waals surface area (Å²) in [5.74, 6) is 1.04. The van der Waals surface area contributed by atoms with Crippen molar-refractivity contribution in [3.05, 3.63) is 18.2 Å². The SMILES string of the molecule is CCCn1ccnc1CC(C)=O. The lowest BCUT2D eigenvalue weighted by Gasteiger charge is -2.03. The average molecular weight is 166 g/mol. The highest BCUT2D eigenvalue weighted by Gasteiger charge is 2.03. The van der Waals surface area contributed by atoms with Crippen molar-refractivity contribution in [2.24, 2.45) is 0 Å². The van der Waals surface area contributed by atoms with Crippen LogP contribution in [0.25, 0.3) is 0 Å². The molecule has 0 radical (unpaired) electrons. The summed E-state index contributed by atoms with van der Waals surface area (Å²) < 4.78 is 2.03. The number of aromatic nitrogens is 2. The zero-order valence-corrected chi connectivity index (χ0v) is 7.58. The van der Waals surface area contributed by atoms with Gasteiger partial charge in [-0.25, -0.2) is 4.98 Å². The molecule has 0 aliphatic rings. The summed E-state index contributed by atoms with van der Waals surface area (Å²) in [6, 6.07) is 0. The fourth-order valence-corrected chi connectivity index (χ4v) is 1.17. The minimum Gasteiger partial charge on any atom is -0.335 e. The second-order valence-electron chi connectivity index (χ2n) is 2.92. The Morgan fingerprint density at radius 2 is 2.42 bits per heavy atom. The van der Waals surface area contributed by atoms with Gasteiger partial charge in [0, 0.05) is 18.9 Å². The maximum absolute atomic E-state index is 10.8. The number of Topliss-reactive ketones (excluding diaryl/α,β-unsaturated/α-hetero) is 1. The third-order valence-corrected chi connectivity index (χ3v) is 1.67. The van der Waals surface area contributed by atoms with E-state index in [1.807, 2.05) is 10.8 Å². The van der Waals surface area contributed by atoms with E-state index in [1.54, 1.807) is 13.1 Å². The van der Waals surface area contributed by atoms with E-state index >= 15 is 0 Å². The Labute approximate surface area is 72.4 Å². The van der Waals surface area contributed by atoms with E-state index in [0.29, 0.717) is 6.42 Å². The van der Waals surface area contributed by atoms with E-state index in [1.165, 1.54) is 0 Å². The van der Waals surface area contributed by atoms with Crippen molar-refractivity contribution < 1.29 is 4.79 Å². The monoisotopic (exact) mass is 166 g/mol. The highest BCUT2D eigenvalue weighted by molar-refractivity contribution is 5.77. The lowest BCUT2D eigenvalue weighted by molar-refractivity contribution is -0.116. The molecule has 0 atom stereocenters. The molecule has 1 aromatic heterocycles. The maximum Gasteiger partial charge on any atom is 0.137 e. The van der Waals surface area contributed by atoms with Gasteiger partial charge >= 0.3 is 0 Å². The molecule has 0 aromatic carbocycles. The zero-order valence-electron chi connectivity index (χ0n) is 7.58. The summed E-state index contributed by atoms with van der Waals surface area (Å²) in [5, 5.41) is 0. The van der Waals surface area contributed by atoms with Crippen molar-refractivity contribution in [2.75, 3.05) is 0 Å². The van der Waals surface area contributed by atoms with Crippen LogP contribution in [0.2, 0.25) is 0 Å². The largest absolute Gasteiger partial charge is 0.335 e. The maximum atomic E-state index is 10.8. The Balaban J connectivity index is 2.69. The fraction of sp³-hybridized carbons (Fsp3) is 0.556. The highest BCUT2D eigenvalue weighted by atomic mass is 16.1. The van der Waals surface area contributed by atoms with Crippen molar-refractivity contribution in [1.29, 1.82) is 0 Å². The van der Waals surface area contributed by atoms with Gasteiger partial charge in [0.05, 0.1) is 6.42 Å². The normalized spacial score (nSPS) is 10.2. The van der Waals surface area contributed by atoms with Crippen molar-refractivity contribution in [3.63, 3.8) is 0 Å². The molecule has 3 heteroatoms. The van der Waals surface area contributed by atoms with Gasteiger partial charge in [-0.3, -0.25) is 4.79 Å². The molecule has 3 nitrogen and oxygen atoms in total.